The fourth-order valence-corrected chi connectivity index (χ4v) is 4.65. The van der Waals surface area contributed by atoms with Crippen molar-refractivity contribution in [2.24, 2.45) is 0 Å². The van der Waals surface area contributed by atoms with Crippen LogP contribution in [0.25, 0.3) is 11.1 Å². The van der Waals surface area contributed by atoms with Crippen LogP contribution in [0.2, 0.25) is 0 Å². The molecule has 2 aliphatic carbocycles. The van der Waals surface area contributed by atoms with E-state index in [-0.39, 0.29) is 23.1 Å². The van der Waals surface area contributed by atoms with Crippen molar-refractivity contribution in [3.8, 4) is 11.1 Å². The number of benzene rings is 4. The first-order chi connectivity index (χ1) is 15.6. The Hall–Kier alpha value is -4.44. The number of carbonyl (C=O) groups is 4. The number of hydrogen-bond donors (Lipinski definition) is 0. The zero-order chi connectivity index (χ0) is 22.0. The van der Waals surface area contributed by atoms with Crippen LogP contribution in [-0.2, 0) is 0 Å². The van der Waals surface area contributed by atoms with Gasteiger partial charge in [-0.3, -0.25) is 19.2 Å². The molecular weight excluding hydrogens is 400 g/mol. The molecule has 4 nitrogen and oxygen atoms in total. The summed E-state index contributed by atoms with van der Waals surface area (Å²) in [6.45, 7) is 0. The van der Waals surface area contributed by atoms with E-state index in [4.69, 9.17) is 0 Å². The monoisotopic (exact) mass is 414 g/mol. The summed E-state index contributed by atoms with van der Waals surface area (Å²) >= 11 is 0. The largest absolute Gasteiger partial charge is 0.289 e. The summed E-state index contributed by atoms with van der Waals surface area (Å²) in [5.41, 5.74) is 4.03. The van der Waals surface area contributed by atoms with Gasteiger partial charge in [0.25, 0.3) is 0 Å². The molecule has 0 atom stereocenters. The lowest BCUT2D eigenvalue weighted by molar-refractivity contribution is 0.0979. The molecule has 0 N–H and O–H groups in total. The van der Waals surface area contributed by atoms with Gasteiger partial charge in [-0.1, -0.05) is 72.8 Å². The molecule has 0 aliphatic heterocycles. The van der Waals surface area contributed by atoms with Gasteiger partial charge in [0, 0.05) is 44.5 Å². The molecule has 0 bridgehead atoms. The second-order valence-corrected chi connectivity index (χ2v) is 7.90. The Bertz CT molecular complexity index is 1540. The third-order valence-electron chi connectivity index (χ3n) is 6.19. The van der Waals surface area contributed by atoms with E-state index < -0.39 is 0 Å². The van der Waals surface area contributed by atoms with Gasteiger partial charge in [0.15, 0.2) is 23.1 Å². The van der Waals surface area contributed by atoms with Crippen molar-refractivity contribution in [3.63, 3.8) is 0 Å². The van der Waals surface area contributed by atoms with Gasteiger partial charge in [-0.25, -0.2) is 0 Å². The molecule has 2 aliphatic rings. The summed E-state index contributed by atoms with van der Waals surface area (Å²) in [6.07, 6.45) is 0. The molecule has 150 valence electrons. The van der Waals surface area contributed by atoms with Gasteiger partial charge in [0.05, 0.1) is 0 Å². The number of ketones is 4. The molecule has 6 rings (SSSR count). The Morgan fingerprint density at radius 2 is 0.781 bits per heavy atom. The van der Waals surface area contributed by atoms with Gasteiger partial charge < -0.3 is 0 Å². The summed E-state index contributed by atoms with van der Waals surface area (Å²) < 4.78 is 0. The van der Waals surface area contributed by atoms with E-state index >= 15 is 0 Å². The molecule has 0 amide bonds. The van der Waals surface area contributed by atoms with Gasteiger partial charge in [0.1, 0.15) is 0 Å². The van der Waals surface area contributed by atoms with Crippen molar-refractivity contribution in [2.45, 2.75) is 0 Å². The van der Waals surface area contributed by atoms with E-state index in [1.165, 1.54) is 0 Å². The summed E-state index contributed by atoms with van der Waals surface area (Å²) in [4.78, 5) is 52.4. The van der Waals surface area contributed by atoms with Gasteiger partial charge in [0.2, 0.25) is 0 Å². The summed E-state index contributed by atoms with van der Waals surface area (Å²) in [5, 5.41) is 0. The average molecular weight is 414 g/mol. The van der Waals surface area contributed by atoms with Crippen molar-refractivity contribution >= 4 is 23.1 Å². The van der Waals surface area contributed by atoms with E-state index in [9.17, 15) is 19.2 Å². The van der Waals surface area contributed by atoms with Crippen molar-refractivity contribution in [1.29, 1.82) is 0 Å². The standard InChI is InChI=1S/C28H14O4/c29-25-17-6-1-2-7-18(17)27(31)23-14-15(12-13-21(23)25)16-10-5-11-22-24(16)28(32)20-9-4-3-8-19(20)26(22)30/h1-14H. The molecule has 0 unspecified atom stereocenters. The highest BCUT2D eigenvalue weighted by molar-refractivity contribution is 6.31. The summed E-state index contributed by atoms with van der Waals surface area (Å²) in [7, 11) is 0. The fourth-order valence-electron chi connectivity index (χ4n) is 4.65. The van der Waals surface area contributed by atoms with Gasteiger partial charge in [-0.15, -0.1) is 0 Å². The Morgan fingerprint density at radius 3 is 1.41 bits per heavy atom. The molecule has 0 aromatic heterocycles. The lowest BCUT2D eigenvalue weighted by Gasteiger charge is -2.21. The molecule has 0 fully saturated rings. The lowest BCUT2D eigenvalue weighted by Crippen LogP contribution is -2.22. The van der Waals surface area contributed by atoms with Crippen LogP contribution >= 0.6 is 0 Å². The zero-order valence-electron chi connectivity index (χ0n) is 16.7. The maximum atomic E-state index is 13.3. The molecule has 4 heteroatoms. The quantitative estimate of drug-likeness (QED) is 0.384. The Labute approximate surface area is 183 Å². The Kier molecular flexibility index (Phi) is 3.74. The van der Waals surface area contributed by atoms with Crippen LogP contribution in [0.5, 0.6) is 0 Å². The molecule has 0 spiro atoms. The fraction of sp³-hybridized carbons (Fsp3) is 0. The van der Waals surface area contributed by atoms with Crippen molar-refractivity contribution in [3.05, 3.63) is 129 Å². The van der Waals surface area contributed by atoms with Crippen LogP contribution in [0.1, 0.15) is 63.7 Å². The third-order valence-corrected chi connectivity index (χ3v) is 6.19. The van der Waals surface area contributed by atoms with Crippen LogP contribution in [0.15, 0.2) is 84.9 Å². The molecular formula is C28H14O4. The van der Waals surface area contributed by atoms with Crippen molar-refractivity contribution < 1.29 is 19.2 Å². The number of fused-ring (bicyclic) bond motifs is 4. The maximum Gasteiger partial charge on any atom is 0.195 e. The molecule has 32 heavy (non-hydrogen) atoms. The van der Waals surface area contributed by atoms with Crippen LogP contribution in [0, 0.1) is 0 Å². The second-order valence-electron chi connectivity index (χ2n) is 7.90. The summed E-state index contributed by atoms with van der Waals surface area (Å²) in [6, 6.07) is 23.7. The minimum Gasteiger partial charge on any atom is -0.289 e. The molecule has 0 saturated heterocycles. The van der Waals surface area contributed by atoms with Crippen molar-refractivity contribution in [2.75, 3.05) is 0 Å². The van der Waals surface area contributed by atoms with E-state index in [1.807, 2.05) is 0 Å². The predicted octanol–water partition coefficient (Wildman–Crippen LogP) is 4.90. The minimum atomic E-state index is -0.227. The Balaban J connectivity index is 1.55. The first kappa shape index (κ1) is 18.3. The van der Waals surface area contributed by atoms with E-state index in [2.05, 4.69) is 0 Å². The summed E-state index contributed by atoms with van der Waals surface area (Å²) in [5.74, 6) is -0.849. The van der Waals surface area contributed by atoms with Crippen molar-refractivity contribution in [1.82, 2.24) is 0 Å². The molecule has 4 aromatic carbocycles. The van der Waals surface area contributed by atoms with Crippen LogP contribution in [0.3, 0.4) is 0 Å². The first-order valence-corrected chi connectivity index (χ1v) is 10.2. The van der Waals surface area contributed by atoms with Gasteiger partial charge >= 0.3 is 0 Å². The topological polar surface area (TPSA) is 68.3 Å². The predicted molar refractivity (Wildman–Crippen MR) is 118 cm³/mol. The molecule has 4 aromatic rings. The number of hydrogen-bond acceptors (Lipinski definition) is 4. The van der Waals surface area contributed by atoms with E-state index in [0.29, 0.717) is 55.6 Å². The molecule has 0 heterocycles. The van der Waals surface area contributed by atoms with Gasteiger partial charge in [-0.2, -0.15) is 0 Å². The smallest absolute Gasteiger partial charge is 0.195 e. The highest BCUT2D eigenvalue weighted by Crippen LogP contribution is 2.36. The average Bonchev–Trinajstić information content (AvgIpc) is 2.85. The minimum absolute atomic E-state index is 0.197. The first-order valence-electron chi connectivity index (χ1n) is 10.2. The van der Waals surface area contributed by atoms with Crippen LogP contribution in [0.4, 0.5) is 0 Å². The Morgan fingerprint density at radius 1 is 0.344 bits per heavy atom. The van der Waals surface area contributed by atoms with Gasteiger partial charge in [-0.05, 0) is 23.3 Å². The zero-order valence-corrected chi connectivity index (χ0v) is 16.7. The highest BCUT2D eigenvalue weighted by Gasteiger charge is 2.33. The number of carbonyl (C=O) groups excluding carboxylic acids is 4. The van der Waals surface area contributed by atoms with E-state index in [1.54, 1.807) is 84.9 Å². The molecule has 0 radical (unpaired) electrons. The molecule has 0 saturated carbocycles. The highest BCUT2D eigenvalue weighted by atomic mass is 16.1. The van der Waals surface area contributed by atoms with Crippen LogP contribution in [-0.4, -0.2) is 23.1 Å². The van der Waals surface area contributed by atoms with Crippen LogP contribution < -0.4 is 0 Å². The second kappa shape index (κ2) is 6.53. The lowest BCUT2D eigenvalue weighted by atomic mass is 9.79. The normalized spacial score (nSPS) is 13.9. The van der Waals surface area contributed by atoms with E-state index in [0.717, 1.165) is 0 Å². The third kappa shape index (κ3) is 2.38. The number of rotatable bonds is 1. The maximum absolute atomic E-state index is 13.3. The SMILES string of the molecule is O=C1c2ccccc2C(=O)c2cc(-c3cccc4c3C(=O)c3ccccc3C4=O)ccc21.